The fraction of sp³-hybridized carbons (Fsp3) is 0.368. The van der Waals surface area contributed by atoms with Gasteiger partial charge < -0.3 is 9.64 Å². The van der Waals surface area contributed by atoms with E-state index in [0.29, 0.717) is 6.61 Å². The molecule has 2 aromatic carbocycles. The van der Waals surface area contributed by atoms with Crippen molar-refractivity contribution >= 4 is 0 Å². The maximum Gasteiger partial charge on any atom is 0.119 e. The lowest BCUT2D eigenvalue weighted by Crippen LogP contribution is -3.11. The van der Waals surface area contributed by atoms with Gasteiger partial charge in [-0.2, -0.15) is 0 Å². The van der Waals surface area contributed by atoms with Crippen LogP contribution in [-0.4, -0.2) is 13.1 Å². The Kier molecular flexibility index (Phi) is 4.90. The number of rotatable bonds is 5. The molecule has 1 heterocycles. The molecule has 0 bridgehead atoms. The van der Waals surface area contributed by atoms with Gasteiger partial charge in [0.15, 0.2) is 0 Å². The number of hydrogen-bond acceptors (Lipinski definition) is 1. The molecule has 1 N–H and O–H groups in total. The van der Waals surface area contributed by atoms with E-state index in [1.54, 1.807) is 4.90 Å². The van der Waals surface area contributed by atoms with Crippen molar-refractivity contribution in [3.8, 4) is 5.75 Å². The lowest BCUT2D eigenvalue weighted by Gasteiger charge is -2.23. The van der Waals surface area contributed by atoms with Crippen LogP contribution in [-0.2, 0) is 13.2 Å². The summed E-state index contributed by atoms with van der Waals surface area (Å²) < 4.78 is 5.83. The number of nitrogens with one attached hydrogen (secondary N) is 1. The second-order valence-corrected chi connectivity index (χ2v) is 5.91. The molecule has 0 spiro atoms. The van der Waals surface area contributed by atoms with Gasteiger partial charge >= 0.3 is 0 Å². The fourth-order valence-corrected chi connectivity index (χ4v) is 2.96. The second-order valence-electron chi connectivity index (χ2n) is 5.91. The summed E-state index contributed by atoms with van der Waals surface area (Å²) >= 11 is 0. The van der Waals surface area contributed by atoms with Crippen LogP contribution in [0.25, 0.3) is 0 Å². The van der Waals surface area contributed by atoms with Gasteiger partial charge in [-0.1, -0.05) is 30.3 Å². The summed E-state index contributed by atoms with van der Waals surface area (Å²) in [6.45, 7) is 4.44. The van der Waals surface area contributed by atoms with Crippen LogP contribution in [0.5, 0.6) is 5.75 Å². The SMILES string of the molecule is c1ccc(COc2ccc(C[NH+]3CCCCC3)cc2)cc1. The van der Waals surface area contributed by atoms with Crippen LogP contribution < -0.4 is 9.64 Å². The topological polar surface area (TPSA) is 13.7 Å². The van der Waals surface area contributed by atoms with Gasteiger partial charge in [-0.25, -0.2) is 0 Å². The zero-order chi connectivity index (χ0) is 14.3. The highest BCUT2D eigenvalue weighted by molar-refractivity contribution is 5.27. The molecule has 2 heteroatoms. The molecule has 0 aliphatic carbocycles. The Bertz CT molecular complexity index is 529. The zero-order valence-electron chi connectivity index (χ0n) is 12.6. The molecule has 3 rings (SSSR count). The van der Waals surface area contributed by atoms with Gasteiger partial charge in [-0.05, 0) is 49.1 Å². The minimum absolute atomic E-state index is 0.636. The second kappa shape index (κ2) is 7.28. The number of ether oxygens (including phenoxy) is 1. The van der Waals surface area contributed by atoms with Crippen LogP contribution in [0.1, 0.15) is 30.4 Å². The minimum Gasteiger partial charge on any atom is -0.489 e. The Balaban J connectivity index is 1.51. The molecular formula is C19H24NO+. The Morgan fingerprint density at radius 3 is 2.19 bits per heavy atom. The van der Waals surface area contributed by atoms with Crippen molar-refractivity contribution < 1.29 is 9.64 Å². The van der Waals surface area contributed by atoms with Crippen molar-refractivity contribution in [2.45, 2.75) is 32.4 Å². The first kappa shape index (κ1) is 14.2. The third-order valence-corrected chi connectivity index (χ3v) is 4.19. The lowest BCUT2D eigenvalue weighted by atomic mass is 10.1. The summed E-state index contributed by atoms with van der Waals surface area (Å²) in [7, 11) is 0. The molecule has 2 nitrogen and oxygen atoms in total. The summed E-state index contributed by atoms with van der Waals surface area (Å²) in [5.41, 5.74) is 2.62. The van der Waals surface area contributed by atoms with E-state index >= 15 is 0 Å². The normalized spacial score (nSPS) is 15.8. The molecule has 1 fully saturated rings. The number of piperidine rings is 1. The minimum atomic E-state index is 0.636. The molecule has 0 atom stereocenters. The fourth-order valence-electron chi connectivity index (χ4n) is 2.96. The van der Waals surface area contributed by atoms with E-state index in [9.17, 15) is 0 Å². The summed E-state index contributed by atoms with van der Waals surface area (Å²) in [4.78, 5) is 1.72. The summed E-state index contributed by atoms with van der Waals surface area (Å²) in [6, 6.07) is 18.9. The van der Waals surface area contributed by atoms with Gasteiger partial charge in [-0.3, -0.25) is 0 Å². The average molecular weight is 282 g/mol. The van der Waals surface area contributed by atoms with Crippen LogP contribution in [0.3, 0.4) is 0 Å². The Labute approximate surface area is 127 Å². The van der Waals surface area contributed by atoms with E-state index in [0.717, 1.165) is 12.3 Å². The molecule has 0 saturated carbocycles. The van der Waals surface area contributed by atoms with Gasteiger partial charge in [0.2, 0.25) is 0 Å². The highest BCUT2D eigenvalue weighted by Gasteiger charge is 2.13. The molecular weight excluding hydrogens is 258 g/mol. The maximum absolute atomic E-state index is 5.83. The number of likely N-dealkylation sites (tertiary alicyclic amines) is 1. The molecule has 21 heavy (non-hydrogen) atoms. The molecule has 110 valence electrons. The smallest absolute Gasteiger partial charge is 0.119 e. The number of quaternary nitrogens is 1. The lowest BCUT2D eigenvalue weighted by molar-refractivity contribution is -0.918. The molecule has 0 radical (unpaired) electrons. The van der Waals surface area contributed by atoms with E-state index in [1.165, 1.54) is 43.5 Å². The van der Waals surface area contributed by atoms with Crippen LogP contribution in [0.2, 0.25) is 0 Å². The van der Waals surface area contributed by atoms with Gasteiger partial charge in [0.1, 0.15) is 18.9 Å². The van der Waals surface area contributed by atoms with E-state index in [4.69, 9.17) is 4.74 Å². The first-order valence-corrected chi connectivity index (χ1v) is 7.99. The van der Waals surface area contributed by atoms with Crippen molar-refractivity contribution in [3.63, 3.8) is 0 Å². The highest BCUT2D eigenvalue weighted by atomic mass is 16.5. The molecule has 1 aliphatic heterocycles. The third kappa shape index (κ3) is 4.33. The predicted molar refractivity (Wildman–Crippen MR) is 85.5 cm³/mol. The van der Waals surface area contributed by atoms with Crippen LogP contribution in [0, 0.1) is 0 Å². The Morgan fingerprint density at radius 1 is 0.762 bits per heavy atom. The van der Waals surface area contributed by atoms with E-state index < -0.39 is 0 Å². The predicted octanol–water partition coefficient (Wildman–Crippen LogP) is 2.83. The number of hydrogen-bond donors (Lipinski definition) is 1. The first-order valence-electron chi connectivity index (χ1n) is 7.99. The zero-order valence-corrected chi connectivity index (χ0v) is 12.6. The highest BCUT2D eigenvalue weighted by Crippen LogP contribution is 2.14. The molecule has 0 unspecified atom stereocenters. The molecule has 2 aromatic rings. The summed E-state index contributed by atoms with van der Waals surface area (Å²) in [6.07, 6.45) is 4.18. The van der Waals surface area contributed by atoms with Crippen LogP contribution >= 0.6 is 0 Å². The van der Waals surface area contributed by atoms with Gasteiger partial charge in [0.25, 0.3) is 0 Å². The van der Waals surface area contributed by atoms with Crippen molar-refractivity contribution in [2.24, 2.45) is 0 Å². The molecule has 1 saturated heterocycles. The van der Waals surface area contributed by atoms with Crippen molar-refractivity contribution in [3.05, 3.63) is 65.7 Å². The van der Waals surface area contributed by atoms with E-state index in [1.807, 2.05) is 18.2 Å². The summed E-state index contributed by atoms with van der Waals surface area (Å²) in [5.74, 6) is 0.955. The maximum atomic E-state index is 5.83. The van der Waals surface area contributed by atoms with Gasteiger partial charge in [0, 0.05) is 5.56 Å². The molecule has 0 aromatic heterocycles. The third-order valence-electron chi connectivity index (χ3n) is 4.19. The summed E-state index contributed by atoms with van der Waals surface area (Å²) in [5, 5.41) is 0. The van der Waals surface area contributed by atoms with E-state index in [-0.39, 0.29) is 0 Å². The van der Waals surface area contributed by atoms with E-state index in [2.05, 4.69) is 36.4 Å². The monoisotopic (exact) mass is 282 g/mol. The Morgan fingerprint density at radius 2 is 1.48 bits per heavy atom. The molecule has 1 aliphatic rings. The van der Waals surface area contributed by atoms with Gasteiger partial charge in [0.05, 0.1) is 13.1 Å². The van der Waals surface area contributed by atoms with Crippen molar-refractivity contribution in [2.75, 3.05) is 13.1 Å². The van der Waals surface area contributed by atoms with Crippen LogP contribution in [0.15, 0.2) is 54.6 Å². The Hall–Kier alpha value is -1.80. The van der Waals surface area contributed by atoms with Gasteiger partial charge in [-0.15, -0.1) is 0 Å². The largest absolute Gasteiger partial charge is 0.489 e. The van der Waals surface area contributed by atoms with Crippen LogP contribution in [0.4, 0.5) is 0 Å². The standard InChI is InChI=1S/C19H23NO/c1-3-7-18(8-4-1)16-21-19-11-9-17(10-12-19)15-20-13-5-2-6-14-20/h1,3-4,7-12H,2,5-6,13-16H2/p+1. The number of benzene rings is 2. The van der Waals surface area contributed by atoms with Crippen molar-refractivity contribution in [1.82, 2.24) is 0 Å². The first-order chi connectivity index (χ1) is 10.4. The van der Waals surface area contributed by atoms with Crippen molar-refractivity contribution in [1.29, 1.82) is 0 Å². The quantitative estimate of drug-likeness (QED) is 0.890. The molecule has 0 amide bonds. The average Bonchev–Trinajstić information content (AvgIpc) is 2.56.